The van der Waals surface area contributed by atoms with Crippen LogP contribution in [0.4, 0.5) is 0 Å². The molecule has 0 aliphatic heterocycles. The van der Waals surface area contributed by atoms with Crippen LogP contribution in [0.5, 0.6) is 0 Å². The number of hydrogen-bond donors (Lipinski definition) is 0. The Morgan fingerprint density at radius 2 is 1.71 bits per heavy atom. The van der Waals surface area contributed by atoms with Crippen molar-refractivity contribution in [1.82, 2.24) is 19.5 Å². The highest BCUT2D eigenvalue weighted by atomic mass is 15.1. The summed E-state index contributed by atoms with van der Waals surface area (Å²) in [5.74, 6) is 0.989. The van der Waals surface area contributed by atoms with E-state index in [9.17, 15) is 0 Å². The third-order valence-electron chi connectivity index (χ3n) is 3.84. The van der Waals surface area contributed by atoms with Crippen LogP contribution in [0.1, 0.15) is 5.82 Å². The monoisotopic (exact) mass is 274 g/mol. The molecule has 21 heavy (non-hydrogen) atoms. The summed E-state index contributed by atoms with van der Waals surface area (Å²) in [6, 6.07) is 14.2. The minimum Gasteiger partial charge on any atom is -0.331 e. The van der Waals surface area contributed by atoms with Crippen molar-refractivity contribution in [1.29, 1.82) is 0 Å². The summed E-state index contributed by atoms with van der Waals surface area (Å²) in [5.41, 5.74) is 5.77. The molecule has 0 unspecified atom stereocenters. The van der Waals surface area contributed by atoms with Crippen molar-refractivity contribution < 1.29 is 0 Å². The first-order valence-corrected chi connectivity index (χ1v) is 6.87. The molecular formula is C17H14N4. The zero-order valence-electron chi connectivity index (χ0n) is 11.9. The molecule has 0 saturated carbocycles. The molecule has 4 nitrogen and oxygen atoms in total. The van der Waals surface area contributed by atoms with Gasteiger partial charge in [-0.15, -0.1) is 0 Å². The fraction of sp³-hybridized carbons (Fsp3) is 0.118. The van der Waals surface area contributed by atoms with E-state index < -0.39 is 0 Å². The van der Waals surface area contributed by atoms with Gasteiger partial charge in [0.05, 0.1) is 34.0 Å². The Balaban J connectivity index is 1.97. The SMILES string of the molecule is Cc1nc2cc3nc(-c4ccccc4)cnc3cc2n1C. The van der Waals surface area contributed by atoms with Gasteiger partial charge in [0, 0.05) is 12.6 Å². The molecule has 102 valence electrons. The van der Waals surface area contributed by atoms with Crippen molar-refractivity contribution in [2.24, 2.45) is 7.05 Å². The second kappa shape index (κ2) is 4.38. The van der Waals surface area contributed by atoms with Crippen molar-refractivity contribution in [3.63, 3.8) is 0 Å². The van der Waals surface area contributed by atoms with Gasteiger partial charge in [-0.1, -0.05) is 30.3 Å². The van der Waals surface area contributed by atoms with Crippen molar-refractivity contribution in [3.8, 4) is 11.3 Å². The molecule has 0 spiro atoms. The van der Waals surface area contributed by atoms with Crippen molar-refractivity contribution in [3.05, 3.63) is 54.5 Å². The van der Waals surface area contributed by atoms with E-state index in [0.29, 0.717) is 0 Å². The summed E-state index contributed by atoms with van der Waals surface area (Å²) < 4.78 is 2.07. The number of fused-ring (bicyclic) bond motifs is 2. The summed E-state index contributed by atoms with van der Waals surface area (Å²) in [6.07, 6.45) is 1.83. The largest absolute Gasteiger partial charge is 0.331 e. The van der Waals surface area contributed by atoms with Crippen LogP contribution in [0.25, 0.3) is 33.3 Å². The number of rotatable bonds is 1. The van der Waals surface area contributed by atoms with Gasteiger partial charge in [-0.25, -0.2) is 9.97 Å². The number of nitrogens with zero attached hydrogens (tertiary/aromatic N) is 4. The van der Waals surface area contributed by atoms with Crippen molar-refractivity contribution in [2.75, 3.05) is 0 Å². The van der Waals surface area contributed by atoms with Crippen LogP contribution in [0.3, 0.4) is 0 Å². The van der Waals surface area contributed by atoms with E-state index in [1.165, 1.54) is 0 Å². The maximum Gasteiger partial charge on any atom is 0.106 e. The molecule has 0 atom stereocenters. The molecule has 2 aromatic heterocycles. The number of aryl methyl sites for hydroxylation is 2. The first kappa shape index (κ1) is 12.0. The number of aromatic nitrogens is 4. The van der Waals surface area contributed by atoms with Crippen molar-refractivity contribution in [2.45, 2.75) is 6.92 Å². The topological polar surface area (TPSA) is 43.6 Å². The predicted molar refractivity (Wildman–Crippen MR) is 84.0 cm³/mol. The van der Waals surface area contributed by atoms with Crippen LogP contribution in [0, 0.1) is 6.92 Å². The Morgan fingerprint density at radius 1 is 0.905 bits per heavy atom. The minimum atomic E-state index is 0.877. The molecule has 0 N–H and O–H groups in total. The quantitative estimate of drug-likeness (QED) is 0.533. The number of imidazole rings is 1. The van der Waals surface area contributed by atoms with E-state index in [2.05, 4.69) is 14.5 Å². The smallest absolute Gasteiger partial charge is 0.106 e. The van der Waals surface area contributed by atoms with Crippen LogP contribution in [0.15, 0.2) is 48.7 Å². The second-order valence-corrected chi connectivity index (χ2v) is 5.17. The summed E-state index contributed by atoms with van der Waals surface area (Å²) in [6.45, 7) is 2.00. The number of benzene rings is 2. The number of hydrogen-bond acceptors (Lipinski definition) is 3. The molecule has 4 heteroatoms. The molecule has 0 saturated heterocycles. The van der Waals surface area contributed by atoms with Gasteiger partial charge in [0.25, 0.3) is 0 Å². The lowest BCUT2D eigenvalue weighted by molar-refractivity contribution is 0.886. The van der Waals surface area contributed by atoms with Crippen LogP contribution in [0.2, 0.25) is 0 Å². The fourth-order valence-electron chi connectivity index (χ4n) is 2.57. The first-order chi connectivity index (χ1) is 10.2. The lowest BCUT2D eigenvalue weighted by atomic mass is 10.1. The summed E-state index contributed by atoms with van der Waals surface area (Å²) in [7, 11) is 2.02. The highest BCUT2D eigenvalue weighted by molar-refractivity contribution is 5.92. The summed E-state index contributed by atoms with van der Waals surface area (Å²) in [5, 5.41) is 0. The Bertz CT molecular complexity index is 955. The second-order valence-electron chi connectivity index (χ2n) is 5.17. The molecule has 2 heterocycles. The van der Waals surface area contributed by atoms with Crippen LogP contribution < -0.4 is 0 Å². The third-order valence-corrected chi connectivity index (χ3v) is 3.84. The average molecular weight is 274 g/mol. The standard InChI is InChI=1S/C17H14N4/c1-11-19-15-8-14-13(9-17(15)21(11)2)18-10-16(20-14)12-6-4-3-5-7-12/h3-10H,1-2H3. The van der Waals surface area contributed by atoms with Gasteiger partial charge in [0.1, 0.15) is 5.82 Å². The van der Waals surface area contributed by atoms with Gasteiger partial charge in [0.2, 0.25) is 0 Å². The normalized spacial score (nSPS) is 11.3. The minimum absolute atomic E-state index is 0.877. The zero-order chi connectivity index (χ0) is 14.4. The highest BCUT2D eigenvalue weighted by Gasteiger charge is 2.08. The van der Waals surface area contributed by atoms with E-state index in [-0.39, 0.29) is 0 Å². The Morgan fingerprint density at radius 3 is 2.52 bits per heavy atom. The Kier molecular flexibility index (Phi) is 2.51. The van der Waals surface area contributed by atoms with E-state index in [1.54, 1.807) is 0 Å². The van der Waals surface area contributed by atoms with Gasteiger partial charge in [-0.3, -0.25) is 4.98 Å². The third kappa shape index (κ3) is 1.88. The average Bonchev–Trinajstić information content (AvgIpc) is 2.80. The van der Waals surface area contributed by atoms with E-state index in [0.717, 1.165) is 39.1 Å². The van der Waals surface area contributed by atoms with E-state index in [4.69, 9.17) is 4.98 Å². The first-order valence-electron chi connectivity index (χ1n) is 6.87. The van der Waals surface area contributed by atoms with Crippen LogP contribution in [-0.2, 0) is 7.05 Å². The van der Waals surface area contributed by atoms with E-state index in [1.807, 2.05) is 62.6 Å². The van der Waals surface area contributed by atoms with Gasteiger partial charge < -0.3 is 4.57 Å². The highest BCUT2D eigenvalue weighted by Crippen LogP contribution is 2.23. The lowest BCUT2D eigenvalue weighted by Gasteiger charge is -2.03. The van der Waals surface area contributed by atoms with Crippen LogP contribution >= 0.6 is 0 Å². The molecule has 0 aliphatic carbocycles. The molecule has 0 aliphatic rings. The van der Waals surface area contributed by atoms with Crippen LogP contribution in [-0.4, -0.2) is 19.5 Å². The maximum absolute atomic E-state index is 4.72. The van der Waals surface area contributed by atoms with Gasteiger partial charge in [-0.2, -0.15) is 0 Å². The Hall–Kier alpha value is -2.75. The van der Waals surface area contributed by atoms with Crippen molar-refractivity contribution >= 4 is 22.1 Å². The fourth-order valence-corrected chi connectivity index (χ4v) is 2.57. The summed E-state index contributed by atoms with van der Waals surface area (Å²) in [4.78, 5) is 13.8. The lowest BCUT2D eigenvalue weighted by Crippen LogP contribution is -1.92. The molecule has 0 fully saturated rings. The molecular weight excluding hydrogens is 260 g/mol. The molecule has 2 aromatic carbocycles. The summed E-state index contributed by atoms with van der Waals surface area (Å²) >= 11 is 0. The molecule has 0 radical (unpaired) electrons. The Labute approximate surface area is 122 Å². The predicted octanol–water partition coefficient (Wildman–Crippen LogP) is 3.49. The molecule has 0 bridgehead atoms. The molecule has 4 aromatic rings. The zero-order valence-corrected chi connectivity index (χ0v) is 11.9. The van der Waals surface area contributed by atoms with Gasteiger partial charge in [-0.05, 0) is 19.1 Å². The maximum atomic E-state index is 4.72. The van der Waals surface area contributed by atoms with E-state index >= 15 is 0 Å². The van der Waals surface area contributed by atoms with Gasteiger partial charge in [0.15, 0.2) is 0 Å². The molecule has 0 amide bonds. The van der Waals surface area contributed by atoms with Gasteiger partial charge >= 0.3 is 0 Å². The molecule has 4 rings (SSSR count).